The van der Waals surface area contributed by atoms with E-state index < -0.39 is 0 Å². The number of hydrogen-bond acceptors (Lipinski definition) is 7. The van der Waals surface area contributed by atoms with Crippen molar-refractivity contribution in [3.05, 3.63) is 45.8 Å². The molecule has 0 spiro atoms. The van der Waals surface area contributed by atoms with Crippen LogP contribution in [0.5, 0.6) is 0 Å². The highest BCUT2D eigenvalue weighted by atomic mass is 79.9. The van der Waals surface area contributed by atoms with Crippen LogP contribution in [0.3, 0.4) is 0 Å². The largest absolute Gasteiger partial charge is 0.383 e. The minimum absolute atomic E-state index is 0.292. The molecule has 0 bridgehead atoms. The third-order valence-electron chi connectivity index (χ3n) is 6.49. The molecule has 2 aromatic carbocycles. The van der Waals surface area contributed by atoms with Crippen molar-refractivity contribution in [3.63, 3.8) is 0 Å². The second-order valence-electron chi connectivity index (χ2n) is 9.02. The molecule has 1 heterocycles. The summed E-state index contributed by atoms with van der Waals surface area (Å²) in [6.07, 6.45) is 3.30. The van der Waals surface area contributed by atoms with Crippen LogP contribution in [0, 0.1) is 4.51 Å². The van der Waals surface area contributed by atoms with Crippen LogP contribution in [0.2, 0.25) is 0 Å². The van der Waals surface area contributed by atoms with Gasteiger partial charge in [-0.3, -0.25) is 0 Å². The van der Waals surface area contributed by atoms with Gasteiger partial charge in [0.05, 0.1) is 37.5 Å². The molecule has 206 valence electrons. The average molecular weight is 597 g/mol. The van der Waals surface area contributed by atoms with Crippen LogP contribution in [0.1, 0.15) is 25.3 Å². The molecule has 0 saturated carbocycles. The van der Waals surface area contributed by atoms with Gasteiger partial charge in [-0.15, -0.1) is 0 Å². The number of ether oxygens (including phenoxy) is 4. The Labute approximate surface area is 231 Å². The molecule has 1 aliphatic rings. The first-order valence-corrected chi connectivity index (χ1v) is 16.0. The van der Waals surface area contributed by atoms with Crippen LogP contribution in [0.15, 0.2) is 40.2 Å². The molecule has 1 aliphatic heterocycles. The zero-order chi connectivity index (χ0) is 26.6. The lowest BCUT2D eigenvalue weighted by Crippen LogP contribution is -2.31. The molecule has 9 heteroatoms. The fraction of sp³-hybridized carbons (Fsp3) is 0.571. The molecule has 7 nitrogen and oxygen atoms in total. The fourth-order valence-electron chi connectivity index (χ4n) is 4.37. The molecule has 3 rings (SSSR count). The van der Waals surface area contributed by atoms with Crippen LogP contribution in [0.25, 0.3) is 0 Å². The molecule has 2 aromatic rings. The highest BCUT2D eigenvalue weighted by Crippen LogP contribution is 2.48. The normalized spacial score (nSPS) is 14.2. The molecule has 0 saturated heterocycles. The summed E-state index contributed by atoms with van der Waals surface area (Å²) in [5, 5.41) is 1.04. The summed E-state index contributed by atoms with van der Waals surface area (Å²) in [5.74, 6) is 0. The minimum atomic E-state index is -0.292. The Morgan fingerprint density at radius 1 is 0.784 bits per heavy atom. The Hall–Kier alpha value is -1.49. The predicted molar refractivity (Wildman–Crippen MR) is 158 cm³/mol. The number of methoxy groups -OCH3 is 4. The Kier molecular flexibility index (Phi) is 12.8. The number of benzene rings is 2. The van der Waals surface area contributed by atoms with E-state index in [1.165, 1.54) is 20.7 Å². The molecule has 0 amide bonds. The topological polar surface area (TPSA) is 55.8 Å². The van der Waals surface area contributed by atoms with Gasteiger partial charge in [0, 0.05) is 75.4 Å². The van der Waals surface area contributed by atoms with E-state index in [1.807, 2.05) is 0 Å². The van der Waals surface area contributed by atoms with Crippen molar-refractivity contribution < 1.29 is 18.9 Å². The van der Waals surface area contributed by atoms with E-state index >= 15 is 0 Å². The second-order valence-corrected chi connectivity index (χ2v) is 12.4. The first-order chi connectivity index (χ1) is 18.1. The van der Waals surface area contributed by atoms with Gasteiger partial charge >= 0.3 is 0 Å². The number of aryl methyl sites for hydroxylation is 1. The average Bonchev–Trinajstić information content (AvgIpc) is 2.92. The maximum atomic E-state index is 5.41. The van der Waals surface area contributed by atoms with Gasteiger partial charge in [-0.25, -0.2) is 4.99 Å². The van der Waals surface area contributed by atoms with Crippen molar-refractivity contribution >= 4 is 40.8 Å². The smallest absolute Gasteiger partial charge is 0.0810 e. The van der Waals surface area contributed by atoms with Gasteiger partial charge in [0.25, 0.3) is 0 Å². The van der Waals surface area contributed by atoms with Crippen LogP contribution in [-0.2, 0) is 25.4 Å². The van der Waals surface area contributed by atoms with Gasteiger partial charge in [0.15, 0.2) is 0 Å². The lowest BCUT2D eigenvalue weighted by atomic mass is 10.0. The van der Waals surface area contributed by atoms with Crippen molar-refractivity contribution in [1.82, 2.24) is 0 Å². The zero-order valence-electron chi connectivity index (χ0n) is 22.9. The SMILES string of the molecule is CCCCc1cc(N(CCOC)CCOC)cc2c1N=c1ccc(N(CCOC)CCOC)cc1=S2Br. The zero-order valence-corrected chi connectivity index (χ0v) is 25.3. The molecule has 0 N–H and O–H groups in total. The molecular weight excluding hydrogens is 554 g/mol. The number of rotatable bonds is 17. The summed E-state index contributed by atoms with van der Waals surface area (Å²) >= 11 is 4.10. The van der Waals surface area contributed by atoms with Crippen molar-refractivity contribution in [2.75, 3.05) is 90.8 Å². The van der Waals surface area contributed by atoms with E-state index in [4.69, 9.17) is 23.9 Å². The molecule has 0 aliphatic carbocycles. The number of anilines is 2. The van der Waals surface area contributed by atoms with Gasteiger partial charge in [0.1, 0.15) is 0 Å². The van der Waals surface area contributed by atoms with Gasteiger partial charge < -0.3 is 28.7 Å². The number of halogens is 1. The minimum Gasteiger partial charge on any atom is -0.383 e. The monoisotopic (exact) mass is 595 g/mol. The van der Waals surface area contributed by atoms with Crippen LogP contribution >= 0.6 is 23.7 Å². The predicted octanol–water partition coefficient (Wildman–Crippen LogP) is 5.38. The molecule has 0 fully saturated rings. The second kappa shape index (κ2) is 15.8. The Morgan fingerprint density at radius 3 is 1.89 bits per heavy atom. The number of unbranched alkanes of at least 4 members (excludes halogenated alkanes) is 1. The molecule has 1 atom stereocenters. The van der Waals surface area contributed by atoms with E-state index in [1.54, 1.807) is 28.4 Å². The first-order valence-electron chi connectivity index (χ1n) is 13.0. The molecule has 0 aromatic heterocycles. The van der Waals surface area contributed by atoms with E-state index in [-0.39, 0.29) is 8.92 Å². The van der Waals surface area contributed by atoms with Gasteiger partial charge in [-0.2, -0.15) is 0 Å². The number of nitrogens with zero attached hydrogens (tertiary/aromatic N) is 3. The van der Waals surface area contributed by atoms with Crippen LogP contribution in [-0.4, -0.2) is 81.0 Å². The molecule has 0 radical (unpaired) electrons. The van der Waals surface area contributed by atoms with Crippen molar-refractivity contribution in [3.8, 4) is 0 Å². The van der Waals surface area contributed by atoms with Crippen molar-refractivity contribution in [1.29, 1.82) is 0 Å². The van der Waals surface area contributed by atoms with Gasteiger partial charge in [-0.05, 0) is 63.5 Å². The highest BCUT2D eigenvalue weighted by Gasteiger charge is 2.20. The van der Waals surface area contributed by atoms with Crippen LogP contribution in [0.4, 0.5) is 17.1 Å². The maximum Gasteiger partial charge on any atom is 0.0810 e. The number of hydrogen-bond donors (Lipinski definition) is 0. The summed E-state index contributed by atoms with van der Waals surface area (Å²) in [5.41, 5.74) is 4.79. The third-order valence-corrected chi connectivity index (χ3v) is 9.99. The Morgan fingerprint density at radius 2 is 1.35 bits per heavy atom. The van der Waals surface area contributed by atoms with Gasteiger partial charge in [-0.1, -0.05) is 22.3 Å². The Bertz CT molecular complexity index is 1120. The highest BCUT2D eigenvalue weighted by molar-refractivity contribution is 9.52. The summed E-state index contributed by atoms with van der Waals surface area (Å²) in [7, 11) is 6.69. The van der Waals surface area contributed by atoms with Crippen LogP contribution < -0.4 is 15.2 Å². The third kappa shape index (κ3) is 8.00. The summed E-state index contributed by atoms with van der Waals surface area (Å²) in [4.78, 5) is 11.1. The quantitative estimate of drug-likeness (QED) is 0.229. The molecule has 37 heavy (non-hydrogen) atoms. The summed E-state index contributed by atoms with van der Waals surface area (Å²) in [6, 6.07) is 11.2. The Balaban J connectivity index is 2.11. The van der Waals surface area contributed by atoms with E-state index in [9.17, 15) is 0 Å². The standard InChI is InChI=1S/C28H42BrN3O4S/c1-6-7-8-22-19-24(32(13-17-35-4)14-18-36-5)21-27-28(22)30-25-10-9-23(20-26(25)37(27)29)31(11-15-33-2)12-16-34-3/h9-10,19-21H,6-8,11-18H2,1-5H3. The van der Waals surface area contributed by atoms with E-state index in [0.717, 1.165) is 62.2 Å². The molecule has 1 unspecified atom stereocenters. The van der Waals surface area contributed by atoms with Crippen molar-refractivity contribution in [2.24, 2.45) is 4.99 Å². The van der Waals surface area contributed by atoms with E-state index in [0.29, 0.717) is 26.4 Å². The fourth-order valence-corrected chi connectivity index (χ4v) is 7.22. The lowest BCUT2D eigenvalue weighted by Gasteiger charge is -2.27. The number of fused-ring (bicyclic) bond motifs is 2. The lowest BCUT2D eigenvalue weighted by molar-refractivity contribution is 0.190. The summed E-state index contributed by atoms with van der Waals surface area (Å²) < 4.78 is 22.8. The molecular formula is C28H42BrN3O4S. The van der Waals surface area contributed by atoms with Crippen molar-refractivity contribution in [2.45, 2.75) is 31.1 Å². The first kappa shape index (κ1) is 30.1. The van der Waals surface area contributed by atoms with E-state index in [2.05, 4.69) is 61.9 Å². The maximum absolute atomic E-state index is 5.41. The summed E-state index contributed by atoms with van der Waals surface area (Å²) in [6.45, 7) is 8.14. The van der Waals surface area contributed by atoms with Gasteiger partial charge in [0.2, 0.25) is 0 Å².